The van der Waals surface area contributed by atoms with Crippen LogP contribution in [0, 0.1) is 0 Å². The molecule has 8 aromatic carbocycles. The predicted octanol–water partition coefficient (Wildman–Crippen LogP) is 14.0. The maximum absolute atomic E-state index is 5.16. The van der Waals surface area contributed by atoms with Crippen LogP contribution in [0.25, 0.3) is 100 Å². The summed E-state index contributed by atoms with van der Waals surface area (Å²) in [5.41, 5.74) is 17.1. The van der Waals surface area contributed by atoms with Gasteiger partial charge in [-0.2, -0.15) is 0 Å². The molecule has 0 amide bonds. The van der Waals surface area contributed by atoms with Crippen LogP contribution in [0.4, 0.5) is 0 Å². The highest BCUT2D eigenvalue weighted by Gasteiger charge is 2.41. The van der Waals surface area contributed by atoms with E-state index in [0.717, 1.165) is 39.5 Å². The minimum absolute atomic E-state index is 0.229. The van der Waals surface area contributed by atoms with Crippen molar-refractivity contribution in [3.8, 4) is 56.4 Å². The number of hydrogen-bond acceptors (Lipinski definition) is 2. The fourth-order valence-corrected chi connectivity index (χ4v) is 9.92. The van der Waals surface area contributed by atoms with Crippen LogP contribution in [0.3, 0.4) is 0 Å². The third-order valence-corrected chi connectivity index (χ3v) is 12.5. The second-order valence-corrected chi connectivity index (χ2v) is 16.1. The van der Waals surface area contributed by atoms with Gasteiger partial charge in [0.05, 0.1) is 33.5 Å². The summed E-state index contributed by atoms with van der Waals surface area (Å²) in [6.45, 7) is 4.82. The first kappa shape index (κ1) is 33.6. The number of hydrogen-bond donors (Lipinski definition) is 0. The zero-order chi connectivity index (χ0) is 39.2. The Kier molecular flexibility index (Phi) is 7.24. The van der Waals surface area contributed by atoms with E-state index in [-0.39, 0.29) is 5.41 Å². The SMILES string of the molecule is CC1(C)c2ccccc2-c2c1c1c3ccccc3n(-c3ccc(-c4cc(-c5ccccc5)nc(-c5ccccc5)n4)cc3)c1c1c2c2ccccc2n1-c1ccccc1. The van der Waals surface area contributed by atoms with Crippen LogP contribution in [-0.2, 0) is 5.41 Å². The zero-order valence-corrected chi connectivity index (χ0v) is 32.8. The van der Waals surface area contributed by atoms with Gasteiger partial charge in [-0.3, -0.25) is 0 Å². The Labute approximate surface area is 342 Å². The molecule has 1 aliphatic rings. The van der Waals surface area contributed by atoms with Crippen molar-refractivity contribution in [3.05, 3.63) is 205 Å². The summed E-state index contributed by atoms with van der Waals surface area (Å²) >= 11 is 0. The Bertz CT molecular complexity index is 3370. The topological polar surface area (TPSA) is 35.6 Å². The number of para-hydroxylation sites is 3. The van der Waals surface area contributed by atoms with Gasteiger partial charge in [0.25, 0.3) is 0 Å². The van der Waals surface area contributed by atoms with Crippen LogP contribution in [-0.4, -0.2) is 19.1 Å². The molecule has 0 radical (unpaired) electrons. The molecule has 0 N–H and O–H groups in total. The lowest BCUT2D eigenvalue weighted by molar-refractivity contribution is 0.667. The first-order chi connectivity index (χ1) is 29.1. The number of rotatable bonds is 5. The van der Waals surface area contributed by atoms with Crippen molar-refractivity contribution in [2.75, 3.05) is 0 Å². The molecule has 0 aliphatic heterocycles. The van der Waals surface area contributed by atoms with Crippen molar-refractivity contribution in [3.63, 3.8) is 0 Å². The largest absolute Gasteiger partial charge is 0.307 e. The van der Waals surface area contributed by atoms with E-state index in [4.69, 9.17) is 9.97 Å². The molecule has 0 fully saturated rings. The molecule has 12 rings (SSSR count). The molecule has 3 heterocycles. The first-order valence-electron chi connectivity index (χ1n) is 20.3. The van der Waals surface area contributed by atoms with Crippen LogP contribution in [0.2, 0.25) is 0 Å². The van der Waals surface area contributed by atoms with Crippen molar-refractivity contribution in [1.82, 2.24) is 19.1 Å². The highest BCUT2D eigenvalue weighted by atomic mass is 15.0. The van der Waals surface area contributed by atoms with Crippen molar-refractivity contribution < 1.29 is 0 Å². The lowest BCUT2D eigenvalue weighted by atomic mass is 9.80. The highest BCUT2D eigenvalue weighted by Crippen LogP contribution is 2.58. The molecular weight excluding hydrogens is 717 g/mol. The van der Waals surface area contributed by atoms with Crippen molar-refractivity contribution in [2.24, 2.45) is 0 Å². The molecule has 11 aromatic rings. The molecule has 4 heteroatoms. The molecular formula is C55H38N4. The van der Waals surface area contributed by atoms with Crippen molar-refractivity contribution in [1.29, 1.82) is 0 Å². The molecule has 3 aromatic heterocycles. The van der Waals surface area contributed by atoms with Gasteiger partial charge in [0.15, 0.2) is 5.82 Å². The van der Waals surface area contributed by atoms with E-state index >= 15 is 0 Å². The maximum atomic E-state index is 5.16. The zero-order valence-electron chi connectivity index (χ0n) is 32.8. The summed E-state index contributed by atoms with van der Waals surface area (Å²) in [5, 5.41) is 5.13. The second kappa shape index (κ2) is 12.7. The Morgan fingerprint density at radius 2 is 0.898 bits per heavy atom. The van der Waals surface area contributed by atoms with Crippen molar-refractivity contribution >= 4 is 43.6 Å². The number of benzene rings is 8. The maximum Gasteiger partial charge on any atom is 0.160 e. The molecule has 0 atom stereocenters. The van der Waals surface area contributed by atoms with E-state index in [1.807, 2.05) is 24.3 Å². The summed E-state index contributed by atoms with van der Waals surface area (Å²) in [5.74, 6) is 0.710. The van der Waals surface area contributed by atoms with Crippen LogP contribution >= 0.6 is 0 Å². The quantitative estimate of drug-likeness (QED) is 0.175. The van der Waals surface area contributed by atoms with Gasteiger partial charge in [-0.25, -0.2) is 9.97 Å². The average Bonchev–Trinajstić information content (AvgIpc) is 3.90. The van der Waals surface area contributed by atoms with E-state index in [0.29, 0.717) is 5.82 Å². The van der Waals surface area contributed by atoms with Gasteiger partial charge in [-0.15, -0.1) is 0 Å². The molecule has 0 bridgehead atoms. The van der Waals surface area contributed by atoms with Gasteiger partial charge >= 0.3 is 0 Å². The summed E-state index contributed by atoms with van der Waals surface area (Å²) in [7, 11) is 0. The van der Waals surface area contributed by atoms with Gasteiger partial charge in [-0.1, -0.05) is 166 Å². The van der Waals surface area contributed by atoms with E-state index in [2.05, 4.69) is 193 Å². The first-order valence-corrected chi connectivity index (χ1v) is 20.3. The molecule has 4 nitrogen and oxygen atoms in total. The van der Waals surface area contributed by atoms with Gasteiger partial charge in [0.2, 0.25) is 0 Å². The van der Waals surface area contributed by atoms with E-state index < -0.39 is 0 Å². The smallest absolute Gasteiger partial charge is 0.160 e. The Hall–Kier alpha value is -7.56. The second-order valence-electron chi connectivity index (χ2n) is 16.1. The molecule has 278 valence electrons. The number of aromatic nitrogens is 4. The minimum atomic E-state index is -0.229. The summed E-state index contributed by atoms with van der Waals surface area (Å²) in [6, 6.07) is 69.6. The highest BCUT2D eigenvalue weighted by molar-refractivity contribution is 6.31. The fourth-order valence-electron chi connectivity index (χ4n) is 9.92. The number of fused-ring (bicyclic) bond motifs is 12. The van der Waals surface area contributed by atoms with Crippen LogP contribution in [0.1, 0.15) is 25.0 Å². The van der Waals surface area contributed by atoms with Gasteiger partial charge in [0.1, 0.15) is 0 Å². The molecule has 0 saturated heterocycles. The molecule has 0 unspecified atom stereocenters. The van der Waals surface area contributed by atoms with Gasteiger partial charge in [0, 0.05) is 55.0 Å². The average molecular weight is 755 g/mol. The Morgan fingerprint density at radius 3 is 1.54 bits per heavy atom. The molecule has 59 heavy (non-hydrogen) atoms. The normalized spacial score (nSPS) is 13.1. The third kappa shape index (κ3) is 4.90. The van der Waals surface area contributed by atoms with Crippen LogP contribution in [0.15, 0.2) is 194 Å². The Morgan fingerprint density at radius 1 is 0.424 bits per heavy atom. The lowest BCUT2D eigenvalue weighted by Gasteiger charge is -2.23. The van der Waals surface area contributed by atoms with Crippen molar-refractivity contribution in [2.45, 2.75) is 19.3 Å². The summed E-state index contributed by atoms with van der Waals surface area (Å²) in [6.07, 6.45) is 0. The lowest BCUT2D eigenvalue weighted by Crippen LogP contribution is -2.15. The van der Waals surface area contributed by atoms with E-state index in [9.17, 15) is 0 Å². The monoisotopic (exact) mass is 754 g/mol. The fraction of sp³-hybridized carbons (Fsp3) is 0.0545. The predicted molar refractivity (Wildman–Crippen MR) is 245 cm³/mol. The Balaban J connectivity index is 1.17. The minimum Gasteiger partial charge on any atom is -0.307 e. The summed E-state index contributed by atoms with van der Waals surface area (Å²) in [4.78, 5) is 10.2. The van der Waals surface area contributed by atoms with Crippen LogP contribution < -0.4 is 0 Å². The van der Waals surface area contributed by atoms with Crippen LogP contribution in [0.5, 0.6) is 0 Å². The molecule has 0 saturated carbocycles. The third-order valence-electron chi connectivity index (χ3n) is 12.5. The summed E-state index contributed by atoms with van der Waals surface area (Å²) < 4.78 is 5.02. The standard InChI is InChI=1S/C55H38N4/c1-55(2)43-27-15-12-24-40(43)48-49-41-25-13-16-28-46(41)58(38-22-10-5-11-23-38)52(49)53-50(51(48)55)42-26-14-17-29-47(42)59(53)39-32-30-36(31-33-39)45-34-44(35-18-6-3-7-19-35)56-54(57-45)37-20-8-4-9-21-37/h3-34H,1-2H3. The number of nitrogens with zero attached hydrogens (tertiary/aromatic N) is 4. The molecule has 0 spiro atoms. The van der Waals surface area contributed by atoms with E-state index in [1.54, 1.807) is 0 Å². The molecule has 1 aliphatic carbocycles. The van der Waals surface area contributed by atoms with E-state index in [1.165, 1.54) is 65.9 Å². The van der Waals surface area contributed by atoms with Gasteiger partial charge < -0.3 is 9.13 Å². The van der Waals surface area contributed by atoms with Gasteiger partial charge in [-0.05, 0) is 64.7 Å².